The Kier molecular flexibility index (Phi) is 4.60. The molecule has 2 aromatic heterocycles. The van der Waals surface area contributed by atoms with Gasteiger partial charge in [0.2, 0.25) is 5.78 Å². The van der Waals surface area contributed by atoms with Gasteiger partial charge in [-0.15, -0.1) is 5.10 Å². The van der Waals surface area contributed by atoms with E-state index in [1.54, 1.807) is 16.7 Å². The van der Waals surface area contributed by atoms with Crippen LogP contribution in [0.2, 0.25) is 0 Å². The van der Waals surface area contributed by atoms with E-state index in [-0.39, 0.29) is 11.3 Å². The number of phenolic OH excluding ortho intramolecular Hbond substituents is 1. The highest BCUT2D eigenvalue weighted by molar-refractivity contribution is 9.11. The Morgan fingerprint density at radius 3 is 2.42 bits per heavy atom. The molecule has 0 aliphatic heterocycles. The minimum atomic E-state index is -0.298. The van der Waals surface area contributed by atoms with E-state index < -0.39 is 0 Å². The first-order valence-electron chi connectivity index (χ1n) is 10.1. The lowest BCUT2D eigenvalue weighted by atomic mass is 10.0. The predicted octanol–water partition coefficient (Wildman–Crippen LogP) is 6.08. The van der Waals surface area contributed by atoms with E-state index in [1.165, 1.54) is 4.52 Å². The molecule has 0 saturated heterocycles. The molecule has 160 valence electrons. The molecule has 0 unspecified atom stereocenters. The summed E-state index contributed by atoms with van der Waals surface area (Å²) in [6.07, 6.45) is 0. The molecular weight excluding hydrogens is 548 g/mol. The number of hydrogen-bond donors (Lipinski definition) is 1. The van der Waals surface area contributed by atoms with Gasteiger partial charge >= 0.3 is 0 Å². The van der Waals surface area contributed by atoms with Crippen LogP contribution in [0.5, 0.6) is 5.75 Å². The van der Waals surface area contributed by atoms with Gasteiger partial charge in [0.1, 0.15) is 5.75 Å². The van der Waals surface area contributed by atoms with Crippen molar-refractivity contribution in [2.45, 2.75) is 0 Å². The zero-order valence-electron chi connectivity index (χ0n) is 16.9. The Balaban J connectivity index is 1.84. The molecule has 0 radical (unpaired) electrons. The van der Waals surface area contributed by atoms with E-state index in [0.29, 0.717) is 32.5 Å². The number of phenols is 1. The molecule has 6 nitrogen and oxygen atoms in total. The zero-order valence-corrected chi connectivity index (χ0v) is 20.1. The Morgan fingerprint density at radius 2 is 1.61 bits per heavy atom. The number of fused-ring (bicyclic) bond motifs is 3. The smallest absolute Gasteiger partial charge is 0.283 e. The monoisotopic (exact) mass is 560 g/mol. The van der Waals surface area contributed by atoms with Crippen molar-refractivity contribution in [3.63, 3.8) is 0 Å². The number of benzene rings is 4. The molecular formula is C25H14Br2N4O2. The lowest BCUT2D eigenvalue weighted by Crippen LogP contribution is -2.16. The average Bonchev–Trinajstić information content (AvgIpc) is 3.20. The van der Waals surface area contributed by atoms with E-state index in [4.69, 9.17) is 10.1 Å². The van der Waals surface area contributed by atoms with Crippen LogP contribution in [-0.2, 0) is 0 Å². The number of nitrogens with zero attached hydrogens (tertiary/aromatic N) is 4. The van der Waals surface area contributed by atoms with Crippen LogP contribution in [0.4, 0.5) is 0 Å². The lowest BCUT2D eigenvalue weighted by Gasteiger charge is -2.11. The fraction of sp³-hybridized carbons (Fsp3) is 0. The molecule has 0 spiro atoms. The number of rotatable bonds is 2. The molecule has 0 aliphatic carbocycles. The topological polar surface area (TPSA) is 72.4 Å². The van der Waals surface area contributed by atoms with E-state index in [1.807, 2.05) is 66.7 Å². The van der Waals surface area contributed by atoms with Crippen molar-refractivity contribution in [3.8, 4) is 22.8 Å². The van der Waals surface area contributed by atoms with Crippen LogP contribution in [0.1, 0.15) is 0 Å². The summed E-state index contributed by atoms with van der Waals surface area (Å²) in [6, 6.07) is 24.4. The summed E-state index contributed by atoms with van der Waals surface area (Å²) in [7, 11) is 0. The first-order valence-corrected chi connectivity index (χ1v) is 11.7. The van der Waals surface area contributed by atoms with Gasteiger partial charge in [-0.2, -0.15) is 4.52 Å². The third-order valence-corrected chi connectivity index (χ3v) is 6.67. The SMILES string of the molecule is O=c1c2cc(Br)cc(Br)c2nc2n(-c3ccccc3)c(-c3c(O)ccc4ccccc34)nn12. The van der Waals surface area contributed by atoms with Crippen LogP contribution in [0.15, 0.2) is 92.6 Å². The highest BCUT2D eigenvalue weighted by Crippen LogP contribution is 2.37. The number of aromatic hydroxyl groups is 1. The van der Waals surface area contributed by atoms with Gasteiger partial charge in [-0.05, 0) is 57.0 Å². The first-order chi connectivity index (χ1) is 16.0. The summed E-state index contributed by atoms with van der Waals surface area (Å²) in [5, 5.41) is 17.8. The number of halogens is 2. The number of para-hydroxylation sites is 1. The standard InChI is InChI=1S/C25H14Br2N4O2/c26-15-12-18-22(19(27)13-15)28-25-30(16-7-2-1-3-8-16)23(29-31(25)24(18)33)21-17-9-5-4-6-14(17)10-11-20(21)32/h1-13,32H. The largest absolute Gasteiger partial charge is 0.507 e. The lowest BCUT2D eigenvalue weighted by molar-refractivity contribution is 0.477. The third kappa shape index (κ3) is 3.09. The van der Waals surface area contributed by atoms with Crippen molar-refractivity contribution >= 4 is 59.3 Å². The predicted molar refractivity (Wildman–Crippen MR) is 136 cm³/mol. The molecule has 1 N–H and O–H groups in total. The third-order valence-electron chi connectivity index (χ3n) is 5.60. The van der Waals surface area contributed by atoms with Gasteiger partial charge in [0, 0.05) is 8.95 Å². The second kappa shape index (κ2) is 7.54. The van der Waals surface area contributed by atoms with E-state index >= 15 is 0 Å². The van der Waals surface area contributed by atoms with Gasteiger partial charge in [0.15, 0.2) is 5.82 Å². The maximum absolute atomic E-state index is 13.5. The molecule has 0 bridgehead atoms. The fourth-order valence-electron chi connectivity index (χ4n) is 4.14. The average molecular weight is 562 g/mol. The second-order valence-corrected chi connectivity index (χ2v) is 9.36. The summed E-state index contributed by atoms with van der Waals surface area (Å²) in [6.45, 7) is 0. The van der Waals surface area contributed by atoms with Gasteiger partial charge in [-0.3, -0.25) is 9.36 Å². The van der Waals surface area contributed by atoms with Crippen LogP contribution in [0.25, 0.3) is 44.5 Å². The maximum Gasteiger partial charge on any atom is 0.283 e. The summed E-state index contributed by atoms with van der Waals surface area (Å²) < 4.78 is 4.55. The summed E-state index contributed by atoms with van der Waals surface area (Å²) in [4.78, 5) is 18.3. The minimum absolute atomic E-state index is 0.0720. The quantitative estimate of drug-likeness (QED) is 0.278. The molecule has 33 heavy (non-hydrogen) atoms. The van der Waals surface area contributed by atoms with Gasteiger partial charge in [0.05, 0.1) is 22.2 Å². The molecule has 4 aromatic carbocycles. The molecule has 0 fully saturated rings. The van der Waals surface area contributed by atoms with Crippen LogP contribution in [0, 0.1) is 0 Å². The van der Waals surface area contributed by atoms with Gasteiger partial charge in [-0.1, -0.05) is 64.5 Å². The first kappa shape index (κ1) is 20.1. The summed E-state index contributed by atoms with van der Waals surface area (Å²) in [5.74, 6) is 0.845. The number of hydrogen-bond acceptors (Lipinski definition) is 4. The Morgan fingerprint density at radius 1 is 0.848 bits per heavy atom. The van der Waals surface area contributed by atoms with Gasteiger partial charge in [0.25, 0.3) is 5.56 Å². The van der Waals surface area contributed by atoms with E-state index in [9.17, 15) is 9.90 Å². The molecule has 6 aromatic rings. The van der Waals surface area contributed by atoms with E-state index in [2.05, 4.69) is 31.9 Å². The van der Waals surface area contributed by atoms with Crippen LogP contribution < -0.4 is 5.56 Å². The van der Waals surface area contributed by atoms with E-state index in [0.717, 1.165) is 20.9 Å². The van der Waals surface area contributed by atoms with Crippen molar-refractivity contribution in [1.82, 2.24) is 19.2 Å². The molecule has 2 heterocycles. The molecule has 8 heteroatoms. The highest BCUT2D eigenvalue weighted by atomic mass is 79.9. The Hall–Kier alpha value is -3.49. The highest BCUT2D eigenvalue weighted by Gasteiger charge is 2.23. The summed E-state index contributed by atoms with van der Waals surface area (Å²) >= 11 is 6.98. The van der Waals surface area contributed by atoms with Gasteiger partial charge in [-0.25, -0.2) is 4.98 Å². The van der Waals surface area contributed by atoms with Crippen molar-refractivity contribution in [3.05, 3.63) is 98.2 Å². The molecule has 6 rings (SSSR count). The van der Waals surface area contributed by atoms with Crippen LogP contribution >= 0.6 is 31.9 Å². The molecule has 0 amide bonds. The number of aromatic nitrogens is 4. The van der Waals surface area contributed by atoms with Crippen molar-refractivity contribution < 1.29 is 5.11 Å². The maximum atomic E-state index is 13.5. The second-order valence-electron chi connectivity index (χ2n) is 7.59. The summed E-state index contributed by atoms with van der Waals surface area (Å²) in [5.41, 5.74) is 1.54. The zero-order chi connectivity index (χ0) is 22.7. The molecule has 0 atom stereocenters. The Bertz CT molecular complexity index is 1780. The van der Waals surface area contributed by atoms with Gasteiger partial charge < -0.3 is 5.11 Å². The normalized spacial score (nSPS) is 11.6. The minimum Gasteiger partial charge on any atom is -0.507 e. The molecule has 0 saturated carbocycles. The van der Waals surface area contributed by atoms with Crippen molar-refractivity contribution in [2.75, 3.05) is 0 Å². The Labute approximate surface area is 204 Å². The van der Waals surface area contributed by atoms with Crippen molar-refractivity contribution in [1.29, 1.82) is 0 Å². The van der Waals surface area contributed by atoms with Crippen LogP contribution in [-0.4, -0.2) is 24.3 Å². The molecule has 0 aliphatic rings. The van der Waals surface area contributed by atoms with Crippen LogP contribution in [0.3, 0.4) is 0 Å². The van der Waals surface area contributed by atoms with Crippen molar-refractivity contribution in [2.24, 2.45) is 0 Å². The fourth-order valence-corrected chi connectivity index (χ4v) is 5.45.